The van der Waals surface area contributed by atoms with E-state index in [2.05, 4.69) is 4.99 Å². The van der Waals surface area contributed by atoms with Crippen LogP contribution in [0.5, 0.6) is 5.75 Å². The van der Waals surface area contributed by atoms with Gasteiger partial charge in [-0.25, -0.2) is 4.99 Å². The van der Waals surface area contributed by atoms with Crippen molar-refractivity contribution in [2.45, 2.75) is 39.2 Å². The number of carbonyl (C=O) groups is 2. The van der Waals surface area contributed by atoms with Crippen LogP contribution in [0, 0.1) is 5.92 Å². The lowest BCUT2D eigenvalue weighted by molar-refractivity contribution is -0.200. The van der Waals surface area contributed by atoms with Crippen molar-refractivity contribution in [1.29, 1.82) is 0 Å². The highest BCUT2D eigenvalue weighted by Crippen LogP contribution is 2.38. The lowest BCUT2D eigenvalue weighted by Crippen LogP contribution is -2.63. The molecule has 1 aliphatic heterocycles. The van der Waals surface area contributed by atoms with Gasteiger partial charge in [-0.05, 0) is 24.6 Å². The average Bonchev–Trinajstić information content (AvgIpc) is 2.80. The third-order valence-electron chi connectivity index (χ3n) is 4.01. The number of benzene rings is 1. The fourth-order valence-corrected chi connectivity index (χ4v) is 2.45. The number of ether oxygens (including phenoxy) is 1. The number of hydrogen-bond donors (Lipinski definition) is 1. The van der Waals surface area contributed by atoms with Gasteiger partial charge in [-0.2, -0.15) is 13.2 Å². The first-order chi connectivity index (χ1) is 12.0. The Bertz CT molecular complexity index is 729. The summed E-state index contributed by atoms with van der Waals surface area (Å²) >= 11 is 0. The van der Waals surface area contributed by atoms with Gasteiger partial charge in [-0.15, -0.1) is 0 Å². The number of halogens is 3. The van der Waals surface area contributed by atoms with E-state index >= 15 is 0 Å². The van der Waals surface area contributed by atoms with Crippen molar-refractivity contribution in [3.05, 3.63) is 29.8 Å². The van der Waals surface area contributed by atoms with Gasteiger partial charge in [0.1, 0.15) is 11.6 Å². The zero-order chi connectivity index (χ0) is 19.7. The first-order valence-electron chi connectivity index (χ1n) is 7.92. The standard InChI is InChI=1S/C17H20F3N3O3/c1-10(2)14(24)22-16(17(18,19)20)15(25)23(11(3)21-16)9-12-5-7-13(26-4)8-6-12/h5-8,10H,9H2,1-4H3,(H,22,24). The number of aliphatic imine (C=N–C) groups is 1. The molecule has 1 aliphatic rings. The number of alkyl halides is 3. The van der Waals surface area contributed by atoms with Crippen molar-refractivity contribution < 1.29 is 27.5 Å². The summed E-state index contributed by atoms with van der Waals surface area (Å²) in [5, 5.41) is 1.78. The van der Waals surface area contributed by atoms with Gasteiger partial charge in [0.25, 0.3) is 5.91 Å². The van der Waals surface area contributed by atoms with Crippen molar-refractivity contribution in [2.75, 3.05) is 7.11 Å². The number of nitrogens with one attached hydrogen (secondary N) is 1. The number of amides is 2. The monoisotopic (exact) mass is 371 g/mol. The van der Waals surface area contributed by atoms with E-state index in [0.717, 1.165) is 4.90 Å². The highest BCUT2D eigenvalue weighted by atomic mass is 19.4. The van der Waals surface area contributed by atoms with E-state index in [1.54, 1.807) is 29.6 Å². The highest BCUT2D eigenvalue weighted by molar-refractivity contribution is 6.09. The highest BCUT2D eigenvalue weighted by Gasteiger charge is 2.66. The lowest BCUT2D eigenvalue weighted by atomic mass is 10.1. The van der Waals surface area contributed by atoms with E-state index < -0.39 is 29.6 Å². The van der Waals surface area contributed by atoms with Crippen molar-refractivity contribution in [3.8, 4) is 5.75 Å². The van der Waals surface area contributed by atoms with Crippen LogP contribution in [-0.2, 0) is 16.1 Å². The van der Waals surface area contributed by atoms with Crippen molar-refractivity contribution in [3.63, 3.8) is 0 Å². The van der Waals surface area contributed by atoms with E-state index in [-0.39, 0.29) is 12.4 Å². The molecule has 2 amide bonds. The van der Waals surface area contributed by atoms with Crippen molar-refractivity contribution in [2.24, 2.45) is 10.9 Å². The molecule has 9 heteroatoms. The smallest absolute Gasteiger partial charge is 0.442 e. The summed E-state index contributed by atoms with van der Waals surface area (Å²) < 4.78 is 46.1. The Morgan fingerprint density at radius 1 is 1.31 bits per heavy atom. The van der Waals surface area contributed by atoms with Gasteiger partial charge in [0.15, 0.2) is 0 Å². The summed E-state index contributed by atoms with van der Waals surface area (Å²) in [6.45, 7) is 4.07. The largest absolute Gasteiger partial charge is 0.497 e. The molecule has 1 aromatic rings. The minimum atomic E-state index is -5.06. The van der Waals surface area contributed by atoms with Crippen LogP contribution in [0.1, 0.15) is 26.3 Å². The zero-order valence-corrected chi connectivity index (χ0v) is 14.8. The number of carbonyl (C=O) groups excluding carboxylic acids is 2. The van der Waals surface area contributed by atoms with E-state index in [9.17, 15) is 22.8 Å². The fraction of sp³-hybridized carbons (Fsp3) is 0.471. The summed E-state index contributed by atoms with van der Waals surface area (Å²) in [5.74, 6) is -2.49. The molecule has 0 saturated carbocycles. The van der Waals surface area contributed by atoms with Crippen LogP contribution in [0.25, 0.3) is 0 Å². The van der Waals surface area contributed by atoms with Crippen LogP contribution >= 0.6 is 0 Å². The number of nitrogens with zero attached hydrogens (tertiary/aromatic N) is 2. The number of methoxy groups -OCH3 is 1. The number of rotatable bonds is 5. The minimum Gasteiger partial charge on any atom is -0.497 e. The topological polar surface area (TPSA) is 71.0 Å². The predicted octanol–water partition coefficient (Wildman–Crippen LogP) is 2.49. The van der Waals surface area contributed by atoms with Gasteiger partial charge >= 0.3 is 11.8 Å². The quantitative estimate of drug-likeness (QED) is 0.865. The molecule has 0 radical (unpaired) electrons. The molecule has 0 saturated heterocycles. The average molecular weight is 371 g/mol. The van der Waals surface area contributed by atoms with Crippen LogP contribution in [0.15, 0.2) is 29.3 Å². The maximum Gasteiger partial charge on any atom is 0.442 e. The predicted molar refractivity (Wildman–Crippen MR) is 88.4 cm³/mol. The van der Waals surface area contributed by atoms with Crippen LogP contribution in [0.3, 0.4) is 0 Å². The molecule has 1 unspecified atom stereocenters. The van der Waals surface area contributed by atoms with Gasteiger partial charge in [-0.1, -0.05) is 26.0 Å². The van der Waals surface area contributed by atoms with Gasteiger partial charge in [-0.3, -0.25) is 14.5 Å². The Morgan fingerprint density at radius 2 is 1.88 bits per heavy atom. The Labute approximate surface area is 149 Å². The maximum absolute atomic E-state index is 13.7. The molecule has 0 bridgehead atoms. The molecule has 1 atom stereocenters. The molecular weight excluding hydrogens is 351 g/mol. The molecule has 26 heavy (non-hydrogen) atoms. The van der Waals surface area contributed by atoms with Crippen LogP contribution < -0.4 is 10.1 Å². The molecule has 0 fully saturated rings. The Balaban J connectivity index is 2.33. The first-order valence-corrected chi connectivity index (χ1v) is 7.92. The SMILES string of the molecule is COc1ccc(CN2C(=O)C(NC(=O)C(C)C)(C(F)(F)F)N=C2C)cc1. The van der Waals surface area contributed by atoms with E-state index in [1.807, 2.05) is 0 Å². The molecular formula is C17H20F3N3O3. The van der Waals surface area contributed by atoms with Crippen molar-refractivity contribution >= 4 is 17.6 Å². The second kappa shape index (κ2) is 6.97. The van der Waals surface area contributed by atoms with Gasteiger partial charge in [0.05, 0.1) is 13.7 Å². The van der Waals surface area contributed by atoms with Crippen LogP contribution in [0.2, 0.25) is 0 Å². The Hall–Kier alpha value is -2.58. The maximum atomic E-state index is 13.7. The normalized spacial score (nSPS) is 20.4. The molecule has 0 aliphatic carbocycles. The molecule has 1 N–H and O–H groups in total. The molecule has 2 rings (SSSR count). The number of amidine groups is 1. The van der Waals surface area contributed by atoms with E-state index in [4.69, 9.17) is 4.74 Å². The summed E-state index contributed by atoms with van der Waals surface area (Å²) in [7, 11) is 1.49. The number of hydrogen-bond acceptors (Lipinski definition) is 4. The minimum absolute atomic E-state index is 0.104. The summed E-state index contributed by atoms with van der Waals surface area (Å²) in [6.07, 6.45) is -5.06. The molecule has 142 valence electrons. The summed E-state index contributed by atoms with van der Waals surface area (Å²) in [5.41, 5.74) is -2.69. The van der Waals surface area contributed by atoms with E-state index in [1.165, 1.54) is 27.9 Å². The summed E-state index contributed by atoms with van der Waals surface area (Å²) in [4.78, 5) is 28.9. The third kappa shape index (κ3) is 3.51. The lowest BCUT2D eigenvalue weighted by Gasteiger charge is -2.29. The van der Waals surface area contributed by atoms with Crippen LogP contribution in [0.4, 0.5) is 13.2 Å². The molecule has 1 heterocycles. The Kier molecular flexibility index (Phi) is 5.29. The Morgan fingerprint density at radius 3 is 2.35 bits per heavy atom. The van der Waals surface area contributed by atoms with Gasteiger partial charge in [0, 0.05) is 5.92 Å². The molecule has 0 aromatic heterocycles. The van der Waals surface area contributed by atoms with Gasteiger partial charge < -0.3 is 10.1 Å². The molecule has 6 nitrogen and oxygen atoms in total. The van der Waals surface area contributed by atoms with Crippen molar-refractivity contribution in [1.82, 2.24) is 10.2 Å². The third-order valence-corrected chi connectivity index (χ3v) is 4.01. The summed E-state index contributed by atoms with van der Waals surface area (Å²) in [6, 6.07) is 6.55. The second-order valence-electron chi connectivity index (χ2n) is 6.25. The second-order valence-corrected chi connectivity index (χ2v) is 6.25. The van der Waals surface area contributed by atoms with E-state index in [0.29, 0.717) is 11.3 Å². The van der Waals surface area contributed by atoms with Crippen LogP contribution in [-0.4, -0.2) is 41.5 Å². The molecule has 1 aromatic carbocycles. The molecule has 0 spiro atoms. The zero-order valence-electron chi connectivity index (χ0n) is 14.8. The van der Waals surface area contributed by atoms with Gasteiger partial charge in [0.2, 0.25) is 5.91 Å². The first kappa shape index (κ1) is 19.7. The fourth-order valence-electron chi connectivity index (χ4n) is 2.45.